The van der Waals surface area contributed by atoms with E-state index in [1.165, 1.54) is 32.1 Å². The minimum absolute atomic E-state index is 1.27. The summed E-state index contributed by atoms with van der Waals surface area (Å²) in [7, 11) is 0.0737. The molecule has 0 saturated carbocycles. The fourth-order valence-electron chi connectivity index (χ4n) is 4.40. The Morgan fingerprint density at radius 3 is 1.48 bits per heavy atom. The molecule has 1 aromatic heterocycles. The maximum absolute atomic E-state index is 2.34. The summed E-state index contributed by atoms with van der Waals surface area (Å²) < 4.78 is 2.22. The average molecular weight is 392 g/mol. The first-order valence-corrected chi connectivity index (χ1v) is 11.7. The molecule has 0 aliphatic heterocycles. The maximum atomic E-state index is 2.34. The second-order valence-electron chi connectivity index (χ2n) is 7.31. The van der Waals surface area contributed by atoms with E-state index < -0.39 is 7.26 Å². The Morgan fingerprint density at radius 2 is 1.00 bits per heavy atom. The van der Waals surface area contributed by atoms with Crippen LogP contribution in [0.3, 0.4) is 0 Å². The molecule has 140 valence electrons. The van der Waals surface area contributed by atoms with Crippen LogP contribution in [0.5, 0.6) is 0 Å². The average Bonchev–Trinajstić information content (AvgIpc) is 3.18. The van der Waals surface area contributed by atoms with Gasteiger partial charge in [0.2, 0.25) is 0 Å². The molecule has 0 bridgehead atoms. The normalized spacial score (nSPS) is 11.6. The summed E-state index contributed by atoms with van der Waals surface area (Å²) >= 11 is 0. The zero-order chi connectivity index (χ0) is 19.7. The minimum Gasteiger partial charge on any atom is -0.350 e. The molecule has 0 unspecified atom stereocenters. The Hall–Kier alpha value is -3.15. The van der Waals surface area contributed by atoms with Crippen molar-refractivity contribution in [1.29, 1.82) is 0 Å². The molecule has 0 amide bonds. The number of fused-ring (bicyclic) bond motifs is 1. The fraction of sp³-hybridized carbons (Fsp3) is 0.0370. The van der Waals surface area contributed by atoms with Gasteiger partial charge in [0.15, 0.2) is 0 Å². The van der Waals surface area contributed by atoms with Gasteiger partial charge in [0, 0.05) is 18.6 Å². The van der Waals surface area contributed by atoms with E-state index in [0.717, 1.165) is 0 Å². The highest BCUT2D eigenvalue weighted by Gasteiger charge is 2.48. The van der Waals surface area contributed by atoms with Crippen LogP contribution in [0.1, 0.15) is 0 Å². The largest absolute Gasteiger partial charge is 0.350 e. The summed E-state index contributed by atoms with van der Waals surface area (Å²) in [5, 5.41) is 6.90. The molecule has 0 atom stereocenters. The van der Waals surface area contributed by atoms with Crippen molar-refractivity contribution >= 4 is 39.4 Å². The van der Waals surface area contributed by atoms with E-state index in [4.69, 9.17) is 0 Å². The van der Waals surface area contributed by atoms with Crippen LogP contribution in [0.4, 0.5) is 0 Å². The van der Waals surface area contributed by atoms with E-state index in [-0.39, 0.29) is 0 Å². The summed E-state index contributed by atoms with van der Waals surface area (Å²) in [6.45, 7) is 0. The molecule has 4 aromatic carbocycles. The molecule has 29 heavy (non-hydrogen) atoms. The van der Waals surface area contributed by atoms with Gasteiger partial charge in [-0.15, -0.1) is 0 Å². The Kier molecular flexibility index (Phi) is 4.54. The lowest BCUT2D eigenvalue weighted by molar-refractivity contribution is 0.969. The predicted molar refractivity (Wildman–Crippen MR) is 128 cm³/mol. The van der Waals surface area contributed by atoms with Crippen LogP contribution in [-0.4, -0.2) is 4.57 Å². The molecule has 0 aliphatic carbocycles. The number of rotatable bonds is 4. The molecule has 5 aromatic rings. The molecule has 5 rings (SSSR count). The number of aromatic nitrogens is 1. The Bertz CT molecular complexity index is 1140. The van der Waals surface area contributed by atoms with Gasteiger partial charge in [-0.1, -0.05) is 60.7 Å². The van der Waals surface area contributed by atoms with Gasteiger partial charge >= 0.3 is 0 Å². The van der Waals surface area contributed by atoms with E-state index in [1.807, 2.05) is 0 Å². The van der Waals surface area contributed by atoms with Crippen molar-refractivity contribution in [2.24, 2.45) is 7.05 Å². The quantitative estimate of drug-likeness (QED) is 0.387. The first-order chi connectivity index (χ1) is 14.3. The minimum atomic E-state index is -2.05. The highest BCUT2D eigenvalue weighted by Crippen LogP contribution is 2.55. The van der Waals surface area contributed by atoms with Gasteiger partial charge < -0.3 is 4.57 Å². The van der Waals surface area contributed by atoms with Gasteiger partial charge in [0.05, 0.1) is 5.52 Å². The first-order valence-electron chi connectivity index (χ1n) is 9.92. The van der Waals surface area contributed by atoms with Gasteiger partial charge in [-0.3, -0.25) is 0 Å². The molecule has 0 N–H and O–H groups in total. The van der Waals surface area contributed by atoms with Crippen LogP contribution in [-0.2, 0) is 7.05 Å². The zero-order valence-electron chi connectivity index (χ0n) is 16.4. The standard InChI is InChI=1S/C27H23NP/c1-28-21-20-25-26(28)18-11-19-27(25)29(22-12-5-2-6-13-22,23-14-7-3-8-15-23)24-16-9-4-10-17-24/h2-21H,1H3/q+1. The molecule has 2 heteroatoms. The molecule has 1 nitrogen and oxygen atoms in total. The Labute approximate surface area is 172 Å². The summed E-state index contributed by atoms with van der Waals surface area (Å²) in [5.74, 6) is 0. The van der Waals surface area contributed by atoms with E-state index in [0.29, 0.717) is 0 Å². The predicted octanol–water partition coefficient (Wildman–Crippen LogP) is 4.80. The van der Waals surface area contributed by atoms with Crippen LogP contribution in [0, 0.1) is 0 Å². The summed E-state index contributed by atoms with van der Waals surface area (Å²) in [6, 6.07) is 42.2. The third kappa shape index (κ3) is 2.82. The van der Waals surface area contributed by atoms with Gasteiger partial charge in [-0.05, 0) is 54.6 Å². The van der Waals surface area contributed by atoms with Crippen LogP contribution >= 0.6 is 7.26 Å². The molecule has 0 radical (unpaired) electrons. The van der Waals surface area contributed by atoms with E-state index in [2.05, 4.69) is 133 Å². The fourth-order valence-corrected chi connectivity index (χ4v) is 8.84. The second-order valence-corrected chi connectivity index (χ2v) is 10.7. The molecular formula is C27H23NP+. The number of benzene rings is 4. The Morgan fingerprint density at radius 1 is 0.517 bits per heavy atom. The van der Waals surface area contributed by atoms with E-state index >= 15 is 0 Å². The SMILES string of the molecule is Cn1ccc2c([P+](c3ccccc3)(c3ccccc3)c3ccccc3)cccc21. The third-order valence-electron chi connectivity index (χ3n) is 5.70. The summed E-state index contributed by atoms with van der Waals surface area (Å²) in [5.41, 5.74) is 1.27. The summed E-state index contributed by atoms with van der Waals surface area (Å²) in [6.07, 6.45) is 2.17. The van der Waals surface area contributed by atoms with Crippen molar-refractivity contribution < 1.29 is 0 Å². The molecular weight excluding hydrogens is 369 g/mol. The van der Waals surface area contributed by atoms with Crippen LogP contribution in [0.25, 0.3) is 10.9 Å². The zero-order valence-corrected chi connectivity index (χ0v) is 17.3. The number of hydrogen-bond donors (Lipinski definition) is 0. The van der Waals surface area contributed by atoms with Gasteiger partial charge in [-0.25, -0.2) is 0 Å². The third-order valence-corrected chi connectivity index (χ3v) is 10.0. The van der Waals surface area contributed by atoms with Crippen molar-refractivity contribution in [3.8, 4) is 0 Å². The lowest BCUT2D eigenvalue weighted by Crippen LogP contribution is -2.38. The summed E-state index contributed by atoms with van der Waals surface area (Å²) in [4.78, 5) is 0. The van der Waals surface area contributed by atoms with Crippen molar-refractivity contribution in [3.05, 3.63) is 121 Å². The maximum Gasteiger partial charge on any atom is 0.145 e. The monoisotopic (exact) mass is 392 g/mol. The topological polar surface area (TPSA) is 4.93 Å². The highest BCUT2D eigenvalue weighted by molar-refractivity contribution is 8.01. The molecule has 0 spiro atoms. The lowest BCUT2D eigenvalue weighted by Gasteiger charge is -2.28. The number of aryl methyl sites for hydroxylation is 1. The van der Waals surface area contributed by atoms with Crippen molar-refractivity contribution in [1.82, 2.24) is 4.57 Å². The van der Waals surface area contributed by atoms with Crippen LogP contribution in [0.2, 0.25) is 0 Å². The highest BCUT2D eigenvalue weighted by atomic mass is 31.2. The first kappa shape index (κ1) is 17.9. The van der Waals surface area contributed by atoms with E-state index in [1.54, 1.807) is 0 Å². The van der Waals surface area contributed by atoms with Gasteiger partial charge in [0.1, 0.15) is 28.5 Å². The molecule has 0 saturated heterocycles. The van der Waals surface area contributed by atoms with Crippen LogP contribution < -0.4 is 21.2 Å². The van der Waals surface area contributed by atoms with Crippen molar-refractivity contribution in [2.45, 2.75) is 0 Å². The van der Waals surface area contributed by atoms with Crippen molar-refractivity contribution in [3.63, 3.8) is 0 Å². The molecule has 0 fully saturated rings. The van der Waals surface area contributed by atoms with Crippen LogP contribution in [0.15, 0.2) is 121 Å². The molecule has 0 aliphatic rings. The second kappa shape index (κ2) is 7.35. The number of hydrogen-bond acceptors (Lipinski definition) is 0. The number of nitrogens with zero attached hydrogens (tertiary/aromatic N) is 1. The molecule has 1 heterocycles. The van der Waals surface area contributed by atoms with Gasteiger partial charge in [-0.2, -0.15) is 0 Å². The van der Waals surface area contributed by atoms with E-state index in [9.17, 15) is 0 Å². The van der Waals surface area contributed by atoms with Crippen molar-refractivity contribution in [2.75, 3.05) is 0 Å². The van der Waals surface area contributed by atoms with Gasteiger partial charge in [0.25, 0.3) is 0 Å². The lowest BCUT2D eigenvalue weighted by atomic mass is 10.2. The smallest absolute Gasteiger partial charge is 0.145 e. The Balaban J connectivity index is 1.98.